The van der Waals surface area contributed by atoms with Crippen LogP contribution in [0.4, 0.5) is 4.79 Å². The van der Waals surface area contributed by atoms with Gasteiger partial charge in [-0.15, -0.1) is 0 Å². The summed E-state index contributed by atoms with van der Waals surface area (Å²) in [6.45, 7) is 4.92. The molecular weight excluding hydrogens is 260 g/mol. The number of carbonyl (C=O) groups is 3. The van der Waals surface area contributed by atoms with Gasteiger partial charge in [0.15, 0.2) is 0 Å². The van der Waals surface area contributed by atoms with Gasteiger partial charge in [-0.25, -0.2) is 4.79 Å². The third-order valence-corrected chi connectivity index (χ3v) is 3.40. The monoisotopic (exact) mass is 284 g/mol. The van der Waals surface area contributed by atoms with Gasteiger partial charge in [0.2, 0.25) is 11.8 Å². The molecule has 4 amide bonds. The number of nitrogens with zero attached hydrogens (tertiary/aromatic N) is 1. The van der Waals surface area contributed by atoms with Gasteiger partial charge >= 0.3 is 6.03 Å². The van der Waals surface area contributed by atoms with Crippen molar-refractivity contribution >= 4 is 17.8 Å². The maximum Gasteiger partial charge on any atom is 0.321 e. The molecule has 2 unspecified atom stereocenters. The molecule has 7 heteroatoms. The van der Waals surface area contributed by atoms with Crippen LogP contribution in [-0.4, -0.2) is 55.0 Å². The van der Waals surface area contributed by atoms with E-state index < -0.39 is 24.0 Å². The third-order valence-electron chi connectivity index (χ3n) is 3.40. The first-order chi connectivity index (χ1) is 9.45. The molecule has 7 nitrogen and oxygen atoms in total. The maximum atomic E-state index is 12.2. The summed E-state index contributed by atoms with van der Waals surface area (Å²) in [4.78, 5) is 36.7. The Labute approximate surface area is 119 Å². The molecule has 0 aromatic carbocycles. The highest BCUT2D eigenvalue weighted by atomic mass is 16.2. The van der Waals surface area contributed by atoms with Gasteiger partial charge in [0.05, 0.1) is 12.1 Å². The molecule has 1 aliphatic rings. The maximum absolute atomic E-state index is 12.2. The molecule has 3 N–H and O–H groups in total. The van der Waals surface area contributed by atoms with Crippen LogP contribution in [0.1, 0.15) is 33.1 Å². The standard InChI is InChI=1S/C13H24N4O3/c1-9(11(18)16-13(20)14-3)15-10(2)12(19)17-7-5-4-6-8-17/h9-10,15H,4-8H2,1-3H3,(H2,14,16,18,20). The number of rotatable bonds is 4. The Morgan fingerprint density at radius 1 is 1.00 bits per heavy atom. The van der Waals surface area contributed by atoms with Crippen molar-refractivity contribution in [3.63, 3.8) is 0 Å². The number of hydrogen-bond acceptors (Lipinski definition) is 4. The zero-order valence-electron chi connectivity index (χ0n) is 12.4. The number of imide groups is 1. The highest BCUT2D eigenvalue weighted by Gasteiger charge is 2.25. The fourth-order valence-electron chi connectivity index (χ4n) is 2.19. The summed E-state index contributed by atoms with van der Waals surface area (Å²) in [6, 6.07) is -1.62. The first-order valence-electron chi connectivity index (χ1n) is 7.03. The van der Waals surface area contributed by atoms with Crippen molar-refractivity contribution in [3.8, 4) is 0 Å². The molecule has 1 fully saturated rings. The molecule has 114 valence electrons. The molecule has 1 rings (SSSR count). The lowest BCUT2D eigenvalue weighted by Gasteiger charge is -2.30. The second kappa shape index (κ2) is 7.84. The number of hydrogen-bond donors (Lipinski definition) is 3. The van der Waals surface area contributed by atoms with E-state index in [9.17, 15) is 14.4 Å². The lowest BCUT2D eigenvalue weighted by atomic mass is 10.1. The highest BCUT2D eigenvalue weighted by Crippen LogP contribution is 2.10. The van der Waals surface area contributed by atoms with Crippen molar-refractivity contribution in [2.75, 3.05) is 20.1 Å². The highest BCUT2D eigenvalue weighted by molar-refractivity contribution is 5.97. The summed E-state index contributed by atoms with van der Waals surface area (Å²) in [5, 5.41) is 7.40. The van der Waals surface area contributed by atoms with Crippen LogP contribution in [-0.2, 0) is 9.59 Å². The van der Waals surface area contributed by atoms with Crippen LogP contribution in [0.15, 0.2) is 0 Å². The van der Waals surface area contributed by atoms with E-state index in [0.717, 1.165) is 32.4 Å². The van der Waals surface area contributed by atoms with Gasteiger partial charge in [0.25, 0.3) is 0 Å². The van der Waals surface area contributed by atoms with Crippen LogP contribution < -0.4 is 16.0 Å². The van der Waals surface area contributed by atoms with E-state index in [-0.39, 0.29) is 5.91 Å². The summed E-state index contributed by atoms with van der Waals surface area (Å²) >= 11 is 0. The molecule has 0 aliphatic carbocycles. The fourth-order valence-corrected chi connectivity index (χ4v) is 2.19. The Kier molecular flexibility index (Phi) is 6.44. The molecule has 20 heavy (non-hydrogen) atoms. The molecule has 1 saturated heterocycles. The summed E-state index contributed by atoms with van der Waals surface area (Å²) < 4.78 is 0. The molecule has 1 heterocycles. The van der Waals surface area contributed by atoms with E-state index in [4.69, 9.17) is 0 Å². The quantitative estimate of drug-likeness (QED) is 0.668. The van der Waals surface area contributed by atoms with Crippen molar-refractivity contribution in [1.82, 2.24) is 20.9 Å². The molecular formula is C13H24N4O3. The number of nitrogens with one attached hydrogen (secondary N) is 3. The average Bonchev–Trinajstić information content (AvgIpc) is 2.46. The molecule has 2 atom stereocenters. The molecule has 0 spiro atoms. The van der Waals surface area contributed by atoms with Crippen LogP contribution in [0, 0.1) is 0 Å². The Bertz CT molecular complexity index is 367. The zero-order valence-corrected chi connectivity index (χ0v) is 12.4. The molecule has 0 aromatic rings. The molecule has 0 saturated carbocycles. The van der Waals surface area contributed by atoms with Gasteiger partial charge in [0.1, 0.15) is 0 Å². The van der Waals surface area contributed by atoms with E-state index in [0.29, 0.717) is 0 Å². The summed E-state index contributed by atoms with van der Waals surface area (Å²) in [6.07, 6.45) is 3.23. The SMILES string of the molecule is CNC(=O)NC(=O)C(C)NC(C)C(=O)N1CCCCC1. The van der Waals surface area contributed by atoms with E-state index in [1.165, 1.54) is 7.05 Å². The Balaban J connectivity index is 2.43. The van der Waals surface area contributed by atoms with Gasteiger partial charge in [-0.1, -0.05) is 0 Å². The topological polar surface area (TPSA) is 90.5 Å². The van der Waals surface area contributed by atoms with E-state index in [2.05, 4.69) is 16.0 Å². The lowest BCUT2D eigenvalue weighted by Crippen LogP contribution is -2.54. The van der Waals surface area contributed by atoms with Crippen LogP contribution >= 0.6 is 0 Å². The van der Waals surface area contributed by atoms with Crippen LogP contribution in [0.25, 0.3) is 0 Å². The van der Waals surface area contributed by atoms with Crippen molar-refractivity contribution in [1.29, 1.82) is 0 Å². The molecule has 0 aromatic heterocycles. The Morgan fingerprint density at radius 2 is 1.60 bits per heavy atom. The summed E-state index contributed by atoms with van der Waals surface area (Å²) in [5.74, 6) is -0.452. The van der Waals surface area contributed by atoms with Gasteiger partial charge < -0.3 is 10.2 Å². The van der Waals surface area contributed by atoms with Gasteiger partial charge in [-0.2, -0.15) is 0 Å². The third kappa shape index (κ3) is 4.80. The molecule has 1 aliphatic heterocycles. The first kappa shape index (κ1) is 16.4. The number of amides is 4. The van der Waals surface area contributed by atoms with E-state index >= 15 is 0 Å². The summed E-state index contributed by atoms with van der Waals surface area (Å²) in [7, 11) is 1.43. The number of likely N-dealkylation sites (tertiary alicyclic amines) is 1. The largest absolute Gasteiger partial charge is 0.341 e. The van der Waals surface area contributed by atoms with Crippen molar-refractivity contribution in [2.24, 2.45) is 0 Å². The first-order valence-corrected chi connectivity index (χ1v) is 7.03. The minimum absolute atomic E-state index is 0.00398. The minimum Gasteiger partial charge on any atom is -0.341 e. The van der Waals surface area contributed by atoms with Gasteiger partial charge in [0, 0.05) is 20.1 Å². The predicted octanol–water partition coefficient (Wildman–Crippen LogP) is -0.179. The van der Waals surface area contributed by atoms with E-state index in [1.54, 1.807) is 13.8 Å². The Morgan fingerprint density at radius 3 is 2.15 bits per heavy atom. The predicted molar refractivity (Wildman–Crippen MR) is 75.1 cm³/mol. The van der Waals surface area contributed by atoms with Crippen LogP contribution in [0.2, 0.25) is 0 Å². The molecule has 0 radical (unpaired) electrons. The normalized spacial score (nSPS) is 18.1. The number of urea groups is 1. The number of carbonyl (C=O) groups excluding carboxylic acids is 3. The van der Waals surface area contributed by atoms with Gasteiger partial charge in [-0.05, 0) is 33.1 Å². The average molecular weight is 284 g/mol. The number of piperidine rings is 1. The summed E-state index contributed by atoms with van der Waals surface area (Å²) in [5.41, 5.74) is 0. The molecule has 0 bridgehead atoms. The second-order valence-electron chi connectivity index (χ2n) is 5.06. The van der Waals surface area contributed by atoms with Crippen molar-refractivity contribution in [2.45, 2.75) is 45.2 Å². The lowest BCUT2D eigenvalue weighted by molar-refractivity contribution is -0.134. The van der Waals surface area contributed by atoms with Gasteiger partial charge in [-0.3, -0.25) is 20.2 Å². The fraction of sp³-hybridized carbons (Fsp3) is 0.769. The Hall–Kier alpha value is -1.63. The second-order valence-corrected chi connectivity index (χ2v) is 5.06. The minimum atomic E-state index is -0.615. The van der Waals surface area contributed by atoms with Crippen molar-refractivity contribution < 1.29 is 14.4 Å². The van der Waals surface area contributed by atoms with Crippen LogP contribution in [0.5, 0.6) is 0 Å². The van der Waals surface area contributed by atoms with E-state index in [1.807, 2.05) is 4.90 Å². The zero-order chi connectivity index (χ0) is 15.1. The smallest absolute Gasteiger partial charge is 0.321 e. The van der Waals surface area contributed by atoms with Crippen LogP contribution in [0.3, 0.4) is 0 Å². The van der Waals surface area contributed by atoms with Crippen molar-refractivity contribution in [3.05, 3.63) is 0 Å².